The van der Waals surface area contributed by atoms with E-state index in [9.17, 15) is 0 Å². The zero-order chi connectivity index (χ0) is 84.5. The van der Waals surface area contributed by atoms with E-state index in [1.165, 1.54) is 251 Å². The van der Waals surface area contributed by atoms with Gasteiger partial charge in [-0.15, -0.1) is 0 Å². The molecule has 594 valence electrons. The highest BCUT2D eigenvalue weighted by atomic mass is 14.3. The molecule has 0 amide bonds. The van der Waals surface area contributed by atoms with Gasteiger partial charge in [0, 0.05) is 0 Å². The molecular weight excluding hydrogens is 1540 g/mol. The van der Waals surface area contributed by atoms with Crippen molar-refractivity contribution in [1.82, 2.24) is 0 Å². The smallest absolute Gasteiger partial charge is 0.00201 e. The second-order valence-corrected chi connectivity index (χ2v) is 33.7. The normalized spacial score (nSPS) is 11.6. The maximum Gasteiger partial charge on any atom is -0.00201 e. The maximum atomic E-state index is 2.35. The molecule has 0 spiro atoms. The van der Waals surface area contributed by atoms with E-state index < -0.39 is 0 Å². The average Bonchev–Trinajstić information content (AvgIpc) is 0.729. The van der Waals surface area contributed by atoms with E-state index in [0.29, 0.717) is 0 Å². The van der Waals surface area contributed by atoms with Crippen molar-refractivity contribution < 1.29 is 0 Å². The van der Waals surface area contributed by atoms with Crippen molar-refractivity contribution in [3.05, 3.63) is 497 Å². The molecule has 0 fully saturated rings. The van der Waals surface area contributed by atoms with Gasteiger partial charge in [0.1, 0.15) is 0 Å². The van der Waals surface area contributed by atoms with Crippen LogP contribution in [-0.2, 0) is 0 Å². The summed E-state index contributed by atoms with van der Waals surface area (Å²) in [5, 5.41) is 35.7. The molecule has 0 aliphatic heterocycles. The van der Waals surface area contributed by atoms with Crippen LogP contribution in [0.5, 0.6) is 0 Å². The number of hydrogen-bond donors (Lipinski definition) is 0. The van der Waals surface area contributed by atoms with Gasteiger partial charge >= 0.3 is 0 Å². The van der Waals surface area contributed by atoms with Crippen molar-refractivity contribution >= 4 is 151 Å². The van der Waals surface area contributed by atoms with Gasteiger partial charge in [-0.25, -0.2) is 0 Å². The van der Waals surface area contributed by atoms with Crippen molar-refractivity contribution in [3.63, 3.8) is 0 Å². The first-order valence-corrected chi connectivity index (χ1v) is 44.4. The van der Waals surface area contributed by atoms with Crippen LogP contribution in [0.1, 0.15) is 0 Å². The molecule has 0 heteroatoms. The Morgan fingerprint density at radius 2 is 0.258 bits per heavy atom. The van der Waals surface area contributed by atoms with Gasteiger partial charge in [-0.3, -0.25) is 0 Å². The van der Waals surface area contributed by atoms with Crippen LogP contribution in [0, 0.1) is 0 Å². The first-order valence-electron chi connectivity index (χ1n) is 44.4. The number of hydrogen-bond acceptors (Lipinski definition) is 0. The van der Waals surface area contributed by atoms with Gasteiger partial charge in [0.2, 0.25) is 0 Å². The lowest BCUT2D eigenvalue weighted by Crippen LogP contribution is -1.93. The highest BCUT2D eigenvalue weighted by Crippen LogP contribution is 2.53. The summed E-state index contributed by atoms with van der Waals surface area (Å²) in [7, 11) is 0. The van der Waals surface area contributed by atoms with Gasteiger partial charge in [-0.1, -0.05) is 491 Å². The van der Waals surface area contributed by atoms with Gasteiger partial charge in [0.15, 0.2) is 0 Å². The van der Waals surface area contributed by atoms with Gasteiger partial charge in [0.25, 0.3) is 0 Å². The van der Waals surface area contributed by atoms with Crippen LogP contribution in [0.15, 0.2) is 497 Å². The summed E-state index contributed by atoms with van der Waals surface area (Å²) in [5.41, 5.74) is 23.0. The standard InChI is InChI=1S/2C44H28.C40H26/c1-3-17-31-29(13-1)15-11-25-33(31)36-27-28-42(35-20-6-5-19-34(35)36)44-40-23-9-7-21-38(40)43(39-22-8-10-24-41(39)44)37-26-12-16-30-14-2-4-18-32(30)37;1-2-14-31-28-32(25-24-29(31)12-1)34-26-27-42(36-18-6-5-17-35(34)36)44-40-21-9-7-19-38(40)43(39-20-8-10-22-41(39)44)37-23-11-15-30-13-3-4-16-33(30)37;1-2-13-27(14-3-1)30-25-26-38(32-19-7-6-18-31(30)32)40-36-22-10-8-20-34(36)39(35-21-9-11-23-37(35)40)33-24-12-16-28-15-4-5-17-29(28)33/h2*1-28H;1-26H. The van der Waals surface area contributed by atoms with E-state index >= 15 is 0 Å². The first kappa shape index (κ1) is 75.1. The zero-order valence-electron chi connectivity index (χ0n) is 70.3. The van der Waals surface area contributed by atoms with E-state index in [1.807, 2.05) is 0 Å². The van der Waals surface area contributed by atoms with Crippen LogP contribution in [-0.4, -0.2) is 0 Å². The van der Waals surface area contributed by atoms with Crippen LogP contribution < -0.4 is 0 Å². The van der Waals surface area contributed by atoms with E-state index in [2.05, 4.69) is 497 Å². The fourth-order valence-electron chi connectivity index (χ4n) is 21.2. The van der Waals surface area contributed by atoms with E-state index in [4.69, 9.17) is 0 Å². The van der Waals surface area contributed by atoms with Crippen molar-refractivity contribution in [2.24, 2.45) is 0 Å². The van der Waals surface area contributed by atoms with Gasteiger partial charge in [0.05, 0.1) is 0 Å². The lowest BCUT2D eigenvalue weighted by Gasteiger charge is -2.20. The third-order valence-corrected chi connectivity index (χ3v) is 26.8. The molecule has 0 bridgehead atoms. The van der Waals surface area contributed by atoms with Gasteiger partial charge in [-0.05, 0) is 257 Å². The van der Waals surface area contributed by atoms with Gasteiger partial charge < -0.3 is 0 Å². The maximum absolute atomic E-state index is 2.35. The third-order valence-electron chi connectivity index (χ3n) is 26.8. The Morgan fingerprint density at radius 3 is 0.562 bits per heavy atom. The first-order chi connectivity index (χ1) is 63.6. The number of rotatable bonds is 9. The second kappa shape index (κ2) is 31.9. The minimum Gasteiger partial charge on any atom is -0.0622 e. The molecule has 26 rings (SSSR count). The van der Waals surface area contributed by atoms with Crippen LogP contribution in [0.2, 0.25) is 0 Å². The molecule has 0 aliphatic rings. The molecule has 26 aromatic rings. The molecule has 0 saturated heterocycles. The third kappa shape index (κ3) is 12.7. The number of benzene rings is 26. The summed E-state index contributed by atoms with van der Waals surface area (Å²) in [6, 6.07) is 182. The summed E-state index contributed by atoms with van der Waals surface area (Å²) in [5.74, 6) is 0. The quantitative estimate of drug-likeness (QED) is 0.126. The molecular formula is C128H82. The Kier molecular flexibility index (Phi) is 18.7. The Balaban J connectivity index is 0.000000107. The highest BCUT2D eigenvalue weighted by Gasteiger charge is 2.26. The summed E-state index contributed by atoms with van der Waals surface area (Å²) in [4.78, 5) is 0. The molecule has 0 saturated carbocycles. The molecule has 0 heterocycles. The van der Waals surface area contributed by atoms with Crippen LogP contribution in [0.4, 0.5) is 0 Å². The predicted octanol–water partition coefficient (Wildman–Crippen LogP) is 36.2. The van der Waals surface area contributed by atoms with Crippen LogP contribution in [0.3, 0.4) is 0 Å². The Hall–Kier alpha value is -16.6. The Labute approximate surface area is 743 Å². The molecule has 0 aromatic heterocycles. The van der Waals surface area contributed by atoms with Crippen LogP contribution >= 0.6 is 0 Å². The fourth-order valence-corrected chi connectivity index (χ4v) is 21.2. The summed E-state index contributed by atoms with van der Waals surface area (Å²) in [6.07, 6.45) is 0. The van der Waals surface area contributed by atoms with Gasteiger partial charge in [-0.2, -0.15) is 0 Å². The summed E-state index contributed by atoms with van der Waals surface area (Å²) >= 11 is 0. The highest BCUT2D eigenvalue weighted by molar-refractivity contribution is 6.30. The minimum atomic E-state index is 1.24. The van der Waals surface area contributed by atoms with Crippen molar-refractivity contribution in [2.45, 2.75) is 0 Å². The Bertz CT molecular complexity index is 8760. The Morgan fingerprint density at radius 1 is 0.0781 bits per heavy atom. The molecule has 0 N–H and O–H groups in total. The molecule has 0 radical (unpaired) electrons. The molecule has 128 heavy (non-hydrogen) atoms. The van der Waals surface area contributed by atoms with Crippen molar-refractivity contribution in [2.75, 3.05) is 0 Å². The summed E-state index contributed by atoms with van der Waals surface area (Å²) in [6.45, 7) is 0. The van der Waals surface area contributed by atoms with Crippen molar-refractivity contribution in [1.29, 1.82) is 0 Å². The lowest BCUT2D eigenvalue weighted by molar-refractivity contribution is 1.64. The topological polar surface area (TPSA) is 0 Å². The molecule has 0 nitrogen and oxygen atoms in total. The second-order valence-electron chi connectivity index (χ2n) is 33.7. The largest absolute Gasteiger partial charge is 0.0622 e. The van der Waals surface area contributed by atoms with Crippen LogP contribution in [0.25, 0.3) is 251 Å². The summed E-state index contributed by atoms with van der Waals surface area (Å²) < 4.78 is 0. The van der Waals surface area contributed by atoms with E-state index in [1.54, 1.807) is 0 Å². The number of fused-ring (bicyclic) bond motifs is 14. The monoisotopic (exact) mass is 1620 g/mol. The average molecular weight is 1620 g/mol. The van der Waals surface area contributed by atoms with Crippen molar-refractivity contribution in [3.8, 4) is 100 Å². The fraction of sp³-hybridized carbons (Fsp3) is 0. The molecule has 0 atom stereocenters. The van der Waals surface area contributed by atoms with E-state index in [0.717, 1.165) is 0 Å². The van der Waals surface area contributed by atoms with E-state index in [-0.39, 0.29) is 0 Å². The predicted molar refractivity (Wildman–Crippen MR) is 553 cm³/mol. The molecule has 0 unspecified atom stereocenters. The molecule has 0 aliphatic carbocycles. The zero-order valence-corrected chi connectivity index (χ0v) is 70.3. The molecule has 26 aromatic carbocycles. The minimum absolute atomic E-state index is 1.24. The SMILES string of the molecule is c1ccc(-c2ccc(-c3c4ccccc4c(-c4cccc5ccccc45)c4ccccc34)c3ccccc23)cc1.c1ccc2c(-c3ccc(-c4c5ccccc5c(-c5cccc6ccccc56)c5ccccc45)c4ccccc34)cccc2c1.c1ccc2cc(-c3ccc(-c4c5ccccc5c(-c5cccc6ccccc56)c5ccccc45)c4ccccc34)ccc2c1. The lowest BCUT2D eigenvalue weighted by atomic mass is 9.83.